The Kier molecular flexibility index (Phi) is 9.61. The van der Waals surface area contributed by atoms with Crippen molar-refractivity contribution in [3.05, 3.63) is 17.6 Å². The molecule has 14 nitrogen and oxygen atoms in total. The van der Waals surface area contributed by atoms with Crippen LogP contribution in [0.2, 0.25) is 0 Å². The van der Waals surface area contributed by atoms with Gasteiger partial charge in [0.2, 0.25) is 11.5 Å². The molecule has 1 aliphatic rings. The average molecular weight is 475 g/mol. The summed E-state index contributed by atoms with van der Waals surface area (Å²) in [4.78, 5) is 55.4. The lowest BCUT2D eigenvalue weighted by molar-refractivity contribution is -0.861. The van der Waals surface area contributed by atoms with Crippen molar-refractivity contribution in [3.63, 3.8) is 0 Å². The number of rotatable bonds is 9. The van der Waals surface area contributed by atoms with Gasteiger partial charge < -0.3 is 21.0 Å². The third-order valence-corrected chi connectivity index (χ3v) is 4.61. The highest BCUT2D eigenvalue weighted by atomic mass is 32.3. The maximum atomic E-state index is 12.7. The van der Waals surface area contributed by atoms with E-state index < -0.39 is 45.3 Å². The molecule has 0 spiro atoms. The standard InChI is InChI=1S/C17H23N5O8S.H2O/c1-3-18-16(25)13(23)11-10-12(21-8-6-5-7-9-21)20-15(14(24)17(26)19-4-2)22(11)30-31(27,28)29;/h10H,3-9H2,1-2H3,(H2-,18,19,25,26,27,28,29);1H2. The molecule has 0 aliphatic carbocycles. The maximum absolute atomic E-state index is 12.7. The molecule has 4 N–H and O–H groups in total. The summed E-state index contributed by atoms with van der Waals surface area (Å²) in [7, 11) is -5.26. The Morgan fingerprint density at radius 1 is 1.06 bits per heavy atom. The molecule has 2 amide bonds. The van der Waals surface area contributed by atoms with Crippen LogP contribution in [0, 0.1) is 0 Å². The number of aromatic nitrogens is 2. The monoisotopic (exact) mass is 475 g/mol. The van der Waals surface area contributed by atoms with E-state index in [1.54, 1.807) is 18.7 Å². The van der Waals surface area contributed by atoms with E-state index in [1.165, 1.54) is 0 Å². The molecular weight excluding hydrogens is 450 g/mol. The molecule has 0 aromatic carbocycles. The van der Waals surface area contributed by atoms with Crippen LogP contribution in [0.15, 0.2) is 6.07 Å². The Morgan fingerprint density at radius 3 is 2.09 bits per heavy atom. The molecule has 1 aliphatic heterocycles. The minimum absolute atomic E-state index is 0. The minimum Gasteiger partial charge on any atom is -0.870 e. The second-order valence-electron chi connectivity index (χ2n) is 6.54. The van der Waals surface area contributed by atoms with Crippen LogP contribution in [0.25, 0.3) is 0 Å². The molecule has 1 fully saturated rings. The summed E-state index contributed by atoms with van der Waals surface area (Å²) >= 11 is 0. The molecule has 0 saturated carbocycles. The van der Waals surface area contributed by atoms with E-state index in [0.717, 1.165) is 25.3 Å². The lowest BCUT2D eigenvalue weighted by Crippen LogP contribution is -2.58. The number of nitrogens with zero attached hydrogens (tertiary/aromatic N) is 3. The van der Waals surface area contributed by atoms with Crippen molar-refractivity contribution in [3.8, 4) is 0 Å². The predicted octanol–water partition coefficient (Wildman–Crippen LogP) is -1.95. The SMILES string of the molecule is CCNC(=O)C(=O)c1cc(N2CCCCC2)nc(C(=O)C(=O)NCC)[n+]1OS(=O)(=O)O.[OH-]. The van der Waals surface area contributed by atoms with Gasteiger partial charge in [-0.3, -0.25) is 23.7 Å². The average Bonchev–Trinajstić information content (AvgIpc) is 2.72. The van der Waals surface area contributed by atoms with Gasteiger partial charge in [0.25, 0.3) is 11.7 Å². The molecule has 15 heteroatoms. The third kappa shape index (κ3) is 6.66. The highest BCUT2D eigenvalue weighted by Crippen LogP contribution is 2.18. The van der Waals surface area contributed by atoms with Crippen molar-refractivity contribution < 1.29 is 46.6 Å². The van der Waals surface area contributed by atoms with Crippen molar-refractivity contribution in [1.29, 1.82) is 0 Å². The topological polar surface area (TPSA) is 206 Å². The first-order valence-corrected chi connectivity index (χ1v) is 11.0. The second kappa shape index (κ2) is 11.4. The molecule has 2 rings (SSSR count). The zero-order valence-electron chi connectivity index (χ0n) is 17.5. The lowest BCUT2D eigenvalue weighted by Gasteiger charge is -2.25. The van der Waals surface area contributed by atoms with E-state index >= 15 is 0 Å². The number of carbonyl (C=O) groups excluding carboxylic acids is 4. The quantitative estimate of drug-likeness (QED) is 0.155. The van der Waals surface area contributed by atoms with Gasteiger partial charge >= 0.3 is 27.9 Å². The first kappa shape index (κ1) is 26.9. The van der Waals surface area contributed by atoms with Crippen LogP contribution in [-0.4, -0.2) is 73.0 Å². The number of hydrogen-bond donors (Lipinski definition) is 3. The Bertz CT molecular complexity index is 939. The number of likely N-dealkylation sites (N-methyl/N-ethyl adjacent to an activating group) is 2. The molecule has 1 saturated heterocycles. The first-order chi connectivity index (χ1) is 14.6. The van der Waals surface area contributed by atoms with E-state index in [-0.39, 0.29) is 29.1 Å². The van der Waals surface area contributed by atoms with E-state index in [0.29, 0.717) is 13.1 Å². The zero-order chi connectivity index (χ0) is 23.2. The molecule has 0 unspecified atom stereocenters. The fourth-order valence-electron chi connectivity index (χ4n) is 2.94. The molecule has 178 valence electrons. The molecule has 32 heavy (non-hydrogen) atoms. The lowest BCUT2D eigenvalue weighted by atomic mass is 10.1. The van der Waals surface area contributed by atoms with Gasteiger partial charge in [0.15, 0.2) is 0 Å². The van der Waals surface area contributed by atoms with Crippen LogP contribution in [0.3, 0.4) is 0 Å². The normalized spacial score (nSPS) is 13.5. The van der Waals surface area contributed by atoms with Crippen molar-refractivity contribution in [2.75, 3.05) is 31.1 Å². The van der Waals surface area contributed by atoms with E-state index in [9.17, 15) is 27.6 Å². The van der Waals surface area contributed by atoms with Crippen LogP contribution < -0.4 is 24.5 Å². The van der Waals surface area contributed by atoms with Crippen LogP contribution in [0.1, 0.15) is 54.2 Å². The zero-order valence-corrected chi connectivity index (χ0v) is 18.3. The van der Waals surface area contributed by atoms with Gasteiger partial charge in [-0.25, -0.2) is 0 Å². The third-order valence-electron chi connectivity index (χ3n) is 4.27. The number of Topliss-reactive ketones (excluding diaryl/α,β-unsaturated/α-hetero) is 2. The summed E-state index contributed by atoms with van der Waals surface area (Å²) in [6.45, 7) is 4.34. The number of nitrogens with one attached hydrogen (secondary N) is 2. The first-order valence-electron chi connectivity index (χ1n) is 9.63. The summed E-state index contributed by atoms with van der Waals surface area (Å²) in [5.41, 5.74) is -0.702. The van der Waals surface area contributed by atoms with Gasteiger partial charge in [-0.2, -0.15) is 12.7 Å². The number of ketones is 2. The maximum Gasteiger partial charge on any atom is 0.482 e. The highest BCUT2D eigenvalue weighted by molar-refractivity contribution is 7.80. The Hall–Kier alpha value is -3.17. The molecule has 1 aromatic heterocycles. The number of anilines is 1. The van der Waals surface area contributed by atoms with Gasteiger partial charge in [0.05, 0.1) is 6.07 Å². The van der Waals surface area contributed by atoms with Crippen molar-refractivity contribution in [2.45, 2.75) is 33.1 Å². The summed E-state index contributed by atoms with van der Waals surface area (Å²) in [5, 5.41) is 4.49. The molecular formula is C17H25N5O9S. The van der Waals surface area contributed by atoms with Crippen molar-refractivity contribution in [1.82, 2.24) is 15.6 Å². The van der Waals surface area contributed by atoms with Gasteiger partial charge in [-0.05, 0) is 42.8 Å². The Morgan fingerprint density at radius 2 is 1.59 bits per heavy atom. The van der Waals surface area contributed by atoms with Gasteiger partial charge in [-0.1, -0.05) is 0 Å². The number of hydrogen-bond acceptors (Lipinski definition) is 10. The number of carbonyl (C=O) groups is 4. The van der Waals surface area contributed by atoms with Gasteiger partial charge in [0, 0.05) is 26.2 Å². The van der Waals surface area contributed by atoms with E-state index in [4.69, 9.17) is 4.55 Å². The molecule has 2 heterocycles. The number of amides is 2. The second-order valence-corrected chi connectivity index (χ2v) is 7.55. The van der Waals surface area contributed by atoms with Gasteiger partial charge in [-0.15, -0.1) is 0 Å². The van der Waals surface area contributed by atoms with E-state index in [2.05, 4.69) is 19.9 Å². The molecule has 0 radical (unpaired) electrons. The van der Waals surface area contributed by atoms with E-state index in [1.807, 2.05) is 0 Å². The van der Waals surface area contributed by atoms with Crippen LogP contribution in [-0.2, 0) is 20.0 Å². The minimum atomic E-state index is -5.26. The summed E-state index contributed by atoms with van der Waals surface area (Å²) < 4.78 is 36.4. The molecule has 0 atom stereocenters. The summed E-state index contributed by atoms with van der Waals surface area (Å²) in [6, 6.07) is 1.07. The molecule has 0 bridgehead atoms. The summed E-state index contributed by atoms with van der Waals surface area (Å²) in [6.07, 6.45) is 2.57. The van der Waals surface area contributed by atoms with Crippen LogP contribution >= 0.6 is 0 Å². The summed E-state index contributed by atoms with van der Waals surface area (Å²) in [5.74, 6) is -5.64. The van der Waals surface area contributed by atoms with Crippen LogP contribution in [0.5, 0.6) is 0 Å². The van der Waals surface area contributed by atoms with Crippen molar-refractivity contribution >= 4 is 39.6 Å². The fourth-order valence-corrected chi connectivity index (χ4v) is 3.28. The van der Waals surface area contributed by atoms with Gasteiger partial charge in [0.1, 0.15) is 0 Å². The highest BCUT2D eigenvalue weighted by Gasteiger charge is 2.40. The Balaban J connectivity index is 0.00000512. The number of piperidine rings is 1. The fraction of sp³-hybridized carbons (Fsp3) is 0.529. The Labute approximate surface area is 184 Å². The smallest absolute Gasteiger partial charge is 0.482 e. The molecule has 1 aromatic rings. The van der Waals surface area contributed by atoms with Crippen LogP contribution in [0.4, 0.5) is 5.82 Å². The largest absolute Gasteiger partial charge is 0.870 e. The predicted molar refractivity (Wildman–Crippen MR) is 107 cm³/mol. The van der Waals surface area contributed by atoms with Crippen molar-refractivity contribution in [2.24, 2.45) is 0 Å².